The summed E-state index contributed by atoms with van der Waals surface area (Å²) in [6, 6.07) is 8.04. The third-order valence-electron chi connectivity index (χ3n) is 3.05. The molecular weight excluding hydrogens is 214 g/mol. The van der Waals surface area contributed by atoms with Crippen molar-refractivity contribution in [1.82, 2.24) is 4.57 Å². The normalized spacial score (nSPS) is 12.8. The number of carbonyl (C=O) groups excluding carboxylic acids is 1. The van der Waals surface area contributed by atoms with Crippen LogP contribution in [-0.2, 0) is 17.9 Å². The topological polar surface area (TPSA) is 74.0 Å². The van der Waals surface area contributed by atoms with Crippen LogP contribution in [0.5, 0.6) is 0 Å². The van der Waals surface area contributed by atoms with E-state index in [0.29, 0.717) is 13.1 Å². The van der Waals surface area contributed by atoms with Crippen LogP contribution in [0.25, 0.3) is 10.9 Å². The lowest BCUT2D eigenvalue weighted by Gasteiger charge is -2.09. The van der Waals surface area contributed by atoms with Gasteiger partial charge in [-0.3, -0.25) is 4.79 Å². The summed E-state index contributed by atoms with van der Waals surface area (Å²) in [7, 11) is 0. The molecule has 1 unspecified atom stereocenters. The van der Waals surface area contributed by atoms with E-state index in [1.807, 2.05) is 42.0 Å². The Hall–Kier alpha value is -1.81. The maximum absolute atomic E-state index is 11.1. The fourth-order valence-corrected chi connectivity index (χ4v) is 2.02. The molecule has 1 aromatic heterocycles. The van der Waals surface area contributed by atoms with Gasteiger partial charge >= 0.3 is 0 Å². The van der Waals surface area contributed by atoms with Gasteiger partial charge in [0.2, 0.25) is 5.91 Å². The second-order valence-electron chi connectivity index (χ2n) is 4.33. The van der Waals surface area contributed by atoms with Gasteiger partial charge in [0.15, 0.2) is 0 Å². The van der Waals surface area contributed by atoms with E-state index < -0.39 is 0 Å². The number of fused-ring (bicyclic) bond motifs is 1. The van der Waals surface area contributed by atoms with Crippen molar-refractivity contribution in [3.63, 3.8) is 0 Å². The molecule has 0 fully saturated rings. The van der Waals surface area contributed by atoms with E-state index in [4.69, 9.17) is 11.5 Å². The molecule has 90 valence electrons. The highest BCUT2D eigenvalue weighted by atomic mass is 16.1. The van der Waals surface area contributed by atoms with Gasteiger partial charge in [-0.2, -0.15) is 0 Å². The maximum atomic E-state index is 11.1. The van der Waals surface area contributed by atoms with Gasteiger partial charge in [-0.05, 0) is 11.6 Å². The second kappa shape index (κ2) is 4.59. The lowest BCUT2D eigenvalue weighted by Crippen LogP contribution is -2.24. The zero-order valence-electron chi connectivity index (χ0n) is 9.89. The van der Waals surface area contributed by atoms with Crippen molar-refractivity contribution in [3.05, 3.63) is 36.0 Å². The van der Waals surface area contributed by atoms with Gasteiger partial charge in [0.1, 0.15) is 0 Å². The minimum Gasteiger partial charge on any atom is -0.369 e. The van der Waals surface area contributed by atoms with Crippen LogP contribution < -0.4 is 11.5 Å². The van der Waals surface area contributed by atoms with Gasteiger partial charge in [0, 0.05) is 30.2 Å². The molecule has 0 spiro atoms. The molecule has 1 amide bonds. The summed E-state index contributed by atoms with van der Waals surface area (Å²) in [5, 5.41) is 1.15. The minimum absolute atomic E-state index is 0.184. The highest BCUT2D eigenvalue weighted by Crippen LogP contribution is 2.21. The monoisotopic (exact) mass is 231 g/mol. The number of rotatable bonds is 4. The van der Waals surface area contributed by atoms with Crippen LogP contribution in [0, 0.1) is 5.92 Å². The molecule has 0 bridgehead atoms. The zero-order valence-corrected chi connectivity index (χ0v) is 9.89. The Labute approximate surface area is 100 Å². The minimum atomic E-state index is -0.280. The molecule has 1 heterocycles. The van der Waals surface area contributed by atoms with E-state index in [1.54, 1.807) is 0 Å². The highest BCUT2D eigenvalue weighted by molar-refractivity contribution is 5.84. The number of primary amides is 1. The van der Waals surface area contributed by atoms with Crippen molar-refractivity contribution in [2.45, 2.75) is 20.0 Å². The molecule has 2 aromatic rings. The van der Waals surface area contributed by atoms with E-state index in [1.165, 1.54) is 0 Å². The quantitative estimate of drug-likeness (QED) is 0.830. The molecule has 0 aliphatic rings. The van der Waals surface area contributed by atoms with Crippen LogP contribution in [0.15, 0.2) is 30.5 Å². The Bertz CT molecular complexity index is 545. The maximum Gasteiger partial charge on any atom is 0.222 e. The molecule has 1 aromatic carbocycles. The average Bonchev–Trinajstić information content (AvgIpc) is 2.68. The summed E-state index contributed by atoms with van der Waals surface area (Å²) >= 11 is 0. The third kappa shape index (κ3) is 2.17. The zero-order chi connectivity index (χ0) is 12.4. The smallest absolute Gasteiger partial charge is 0.222 e. The number of aromatic nitrogens is 1. The van der Waals surface area contributed by atoms with Crippen molar-refractivity contribution in [2.75, 3.05) is 0 Å². The predicted octanol–water partition coefficient (Wildman–Crippen LogP) is 1.22. The molecule has 17 heavy (non-hydrogen) atoms. The number of hydrogen-bond donors (Lipinski definition) is 2. The second-order valence-corrected chi connectivity index (χ2v) is 4.33. The van der Waals surface area contributed by atoms with E-state index in [-0.39, 0.29) is 11.8 Å². The molecule has 0 saturated carbocycles. The van der Waals surface area contributed by atoms with E-state index in [2.05, 4.69) is 0 Å². The highest BCUT2D eigenvalue weighted by Gasteiger charge is 2.12. The van der Waals surface area contributed by atoms with Gasteiger partial charge in [0.05, 0.1) is 5.92 Å². The largest absolute Gasteiger partial charge is 0.369 e. The van der Waals surface area contributed by atoms with Crippen LogP contribution in [0.1, 0.15) is 12.5 Å². The standard InChI is InChI=1S/C13H17N3O/c1-9(13(15)17)7-16-8-10(6-14)11-4-2-3-5-12(11)16/h2-5,8-9H,6-7,14H2,1H3,(H2,15,17). The Morgan fingerprint density at radius 1 is 1.41 bits per heavy atom. The summed E-state index contributed by atoms with van der Waals surface area (Å²) in [6.45, 7) is 2.92. The predicted molar refractivity (Wildman–Crippen MR) is 68.2 cm³/mol. The first-order chi connectivity index (χ1) is 8.13. The lowest BCUT2D eigenvalue weighted by molar-refractivity contribution is -0.121. The number of hydrogen-bond acceptors (Lipinski definition) is 2. The Kier molecular flexibility index (Phi) is 3.15. The first kappa shape index (κ1) is 11.7. The van der Waals surface area contributed by atoms with Crippen molar-refractivity contribution in [1.29, 1.82) is 0 Å². The number of para-hydroxylation sites is 1. The van der Waals surface area contributed by atoms with Crippen LogP contribution in [0.2, 0.25) is 0 Å². The summed E-state index contributed by atoms with van der Waals surface area (Å²) in [4.78, 5) is 11.1. The Balaban J connectivity index is 2.44. The number of carbonyl (C=O) groups is 1. The van der Waals surface area contributed by atoms with Crippen molar-refractivity contribution >= 4 is 16.8 Å². The van der Waals surface area contributed by atoms with Crippen molar-refractivity contribution < 1.29 is 4.79 Å². The third-order valence-corrected chi connectivity index (χ3v) is 3.05. The molecule has 4 heteroatoms. The number of amides is 1. The van der Waals surface area contributed by atoms with Crippen molar-refractivity contribution in [3.8, 4) is 0 Å². The molecule has 0 saturated heterocycles. The molecule has 0 radical (unpaired) electrons. The van der Waals surface area contributed by atoms with E-state index in [0.717, 1.165) is 16.5 Å². The van der Waals surface area contributed by atoms with Crippen LogP contribution in [-0.4, -0.2) is 10.5 Å². The van der Waals surface area contributed by atoms with Crippen LogP contribution in [0.3, 0.4) is 0 Å². The molecule has 2 rings (SSSR count). The van der Waals surface area contributed by atoms with Gasteiger partial charge in [-0.1, -0.05) is 25.1 Å². The molecule has 4 N–H and O–H groups in total. The van der Waals surface area contributed by atoms with E-state index in [9.17, 15) is 4.79 Å². The van der Waals surface area contributed by atoms with Gasteiger partial charge in [-0.25, -0.2) is 0 Å². The van der Waals surface area contributed by atoms with Gasteiger partial charge in [-0.15, -0.1) is 0 Å². The Morgan fingerprint density at radius 2 is 2.12 bits per heavy atom. The van der Waals surface area contributed by atoms with Gasteiger partial charge < -0.3 is 16.0 Å². The molecule has 0 aliphatic carbocycles. The first-order valence-corrected chi connectivity index (χ1v) is 5.69. The van der Waals surface area contributed by atoms with Crippen molar-refractivity contribution in [2.24, 2.45) is 17.4 Å². The molecule has 0 aliphatic heterocycles. The number of nitrogens with two attached hydrogens (primary N) is 2. The fourth-order valence-electron chi connectivity index (χ4n) is 2.02. The lowest BCUT2D eigenvalue weighted by atomic mass is 10.1. The molecule has 1 atom stereocenters. The Morgan fingerprint density at radius 3 is 2.76 bits per heavy atom. The summed E-state index contributed by atoms with van der Waals surface area (Å²) < 4.78 is 2.05. The summed E-state index contributed by atoms with van der Waals surface area (Å²) in [6.07, 6.45) is 2.00. The van der Waals surface area contributed by atoms with Gasteiger partial charge in [0.25, 0.3) is 0 Å². The SMILES string of the molecule is CC(Cn1cc(CN)c2ccccc21)C(N)=O. The molecule has 4 nitrogen and oxygen atoms in total. The summed E-state index contributed by atoms with van der Waals surface area (Å²) in [5.74, 6) is -0.464. The van der Waals surface area contributed by atoms with Crippen LogP contribution in [0.4, 0.5) is 0 Å². The number of benzene rings is 1. The summed E-state index contributed by atoms with van der Waals surface area (Å²) in [5.41, 5.74) is 13.2. The fraction of sp³-hybridized carbons (Fsp3) is 0.308. The van der Waals surface area contributed by atoms with E-state index >= 15 is 0 Å². The number of nitrogens with zero attached hydrogens (tertiary/aromatic N) is 1. The first-order valence-electron chi connectivity index (χ1n) is 5.69. The average molecular weight is 231 g/mol. The molecular formula is C13H17N3O. The van der Waals surface area contributed by atoms with Crippen LogP contribution >= 0.6 is 0 Å².